The van der Waals surface area contributed by atoms with Gasteiger partial charge in [-0.15, -0.1) is 0 Å². The highest BCUT2D eigenvalue weighted by Gasteiger charge is 2.11. The number of fused-ring (bicyclic) bond motifs is 1. The van der Waals surface area contributed by atoms with E-state index in [1.807, 2.05) is 48.5 Å². The van der Waals surface area contributed by atoms with Crippen molar-refractivity contribution < 1.29 is 9.21 Å². The second-order valence-electron chi connectivity index (χ2n) is 5.98. The van der Waals surface area contributed by atoms with Crippen LogP contribution in [0.15, 0.2) is 77.2 Å². The van der Waals surface area contributed by atoms with Crippen LogP contribution in [0.3, 0.4) is 0 Å². The monoisotopic (exact) mass is 499 g/mol. The van der Waals surface area contributed by atoms with Gasteiger partial charge in [0, 0.05) is 20.4 Å². The summed E-state index contributed by atoms with van der Waals surface area (Å²) < 4.78 is 6.98. The normalized spacial score (nSPS) is 10.6. The standard InChI is InChI=1S/C21H14IN3O2S/c22-15-8-6-14(7-9-15)20-24-17-12-16(10-11-18(17)27-20)23-21(28)25-19(26)13-4-2-1-3-5-13/h1-12H,(H2,23,25,26,28). The number of carbonyl (C=O) groups excluding carboxylic acids is 1. The number of amides is 1. The van der Waals surface area contributed by atoms with Gasteiger partial charge in [0.1, 0.15) is 5.52 Å². The molecule has 0 aliphatic heterocycles. The molecule has 1 amide bonds. The van der Waals surface area contributed by atoms with E-state index in [1.54, 1.807) is 24.3 Å². The van der Waals surface area contributed by atoms with Crippen LogP contribution in [0.1, 0.15) is 10.4 Å². The van der Waals surface area contributed by atoms with E-state index < -0.39 is 0 Å². The Morgan fingerprint density at radius 3 is 2.50 bits per heavy atom. The molecule has 0 aliphatic rings. The Morgan fingerprint density at radius 1 is 1.00 bits per heavy atom. The summed E-state index contributed by atoms with van der Waals surface area (Å²) in [6.07, 6.45) is 0. The Labute approximate surface area is 180 Å². The number of hydrogen-bond donors (Lipinski definition) is 2. The molecule has 7 heteroatoms. The maximum Gasteiger partial charge on any atom is 0.257 e. The van der Waals surface area contributed by atoms with Gasteiger partial charge in [0.2, 0.25) is 5.89 Å². The zero-order chi connectivity index (χ0) is 19.5. The van der Waals surface area contributed by atoms with Crippen molar-refractivity contribution >= 4 is 62.6 Å². The van der Waals surface area contributed by atoms with Gasteiger partial charge in [-0.05, 0) is 89.4 Å². The molecule has 5 nitrogen and oxygen atoms in total. The number of aromatic nitrogens is 1. The predicted octanol–water partition coefficient (Wildman–Crippen LogP) is 5.23. The number of benzene rings is 3. The minimum Gasteiger partial charge on any atom is -0.436 e. The molecule has 0 unspecified atom stereocenters. The van der Waals surface area contributed by atoms with Crippen LogP contribution in [-0.4, -0.2) is 16.0 Å². The van der Waals surface area contributed by atoms with E-state index in [0.717, 1.165) is 9.13 Å². The van der Waals surface area contributed by atoms with E-state index >= 15 is 0 Å². The van der Waals surface area contributed by atoms with Crippen molar-refractivity contribution in [1.29, 1.82) is 0 Å². The zero-order valence-electron chi connectivity index (χ0n) is 14.5. The Morgan fingerprint density at radius 2 is 1.75 bits per heavy atom. The lowest BCUT2D eigenvalue weighted by Gasteiger charge is -2.09. The second kappa shape index (κ2) is 8.07. The van der Waals surface area contributed by atoms with Gasteiger partial charge in [0.25, 0.3) is 5.91 Å². The number of rotatable bonds is 3. The van der Waals surface area contributed by atoms with Crippen LogP contribution in [-0.2, 0) is 0 Å². The molecule has 0 atom stereocenters. The van der Waals surface area contributed by atoms with E-state index in [-0.39, 0.29) is 11.0 Å². The smallest absolute Gasteiger partial charge is 0.257 e. The third-order valence-electron chi connectivity index (χ3n) is 4.00. The third-order valence-corrected chi connectivity index (χ3v) is 4.92. The van der Waals surface area contributed by atoms with Crippen LogP contribution < -0.4 is 10.6 Å². The van der Waals surface area contributed by atoms with Crippen LogP contribution in [0.25, 0.3) is 22.6 Å². The molecule has 0 aliphatic carbocycles. The number of hydrogen-bond acceptors (Lipinski definition) is 4. The van der Waals surface area contributed by atoms with Crippen molar-refractivity contribution in [3.8, 4) is 11.5 Å². The van der Waals surface area contributed by atoms with E-state index in [0.29, 0.717) is 28.2 Å². The predicted molar refractivity (Wildman–Crippen MR) is 122 cm³/mol. The highest BCUT2D eigenvalue weighted by molar-refractivity contribution is 14.1. The van der Waals surface area contributed by atoms with Crippen LogP contribution in [0.4, 0.5) is 5.69 Å². The van der Waals surface area contributed by atoms with Crippen LogP contribution in [0.5, 0.6) is 0 Å². The van der Waals surface area contributed by atoms with Gasteiger partial charge < -0.3 is 9.73 Å². The third kappa shape index (κ3) is 4.20. The van der Waals surface area contributed by atoms with Crippen molar-refractivity contribution in [1.82, 2.24) is 10.3 Å². The molecule has 1 aromatic heterocycles. The summed E-state index contributed by atoms with van der Waals surface area (Å²) in [6, 6.07) is 22.3. The van der Waals surface area contributed by atoms with E-state index in [1.165, 1.54) is 0 Å². The number of oxazole rings is 1. The number of carbonyl (C=O) groups is 1. The summed E-state index contributed by atoms with van der Waals surface area (Å²) in [5, 5.41) is 5.89. The number of halogens is 1. The number of anilines is 1. The lowest BCUT2D eigenvalue weighted by atomic mass is 10.2. The summed E-state index contributed by atoms with van der Waals surface area (Å²) in [5.41, 5.74) is 3.56. The minimum absolute atomic E-state index is 0.217. The largest absolute Gasteiger partial charge is 0.436 e. The molecule has 4 aromatic rings. The molecule has 0 bridgehead atoms. The van der Waals surface area contributed by atoms with Crippen molar-refractivity contribution in [2.45, 2.75) is 0 Å². The van der Waals surface area contributed by atoms with E-state index in [2.05, 4.69) is 38.2 Å². The van der Waals surface area contributed by atoms with Crippen LogP contribution >= 0.6 is 34.8 Å². The van der Waals surface area contributed by atoms with Crippen molar-refractivity contribution in [3.63, 3.8) is 0 Å². The molecule has 0 fully saturated rings. The first kappa shape index (κ1) is 18.6. The molecular formula is C21H14IN3O2S. The molecule has 138 valence electrons. The lowest BCUT2D eigenvalue weighted by molar-refractivity contribution is 0.0977. The zero-order valence-corrected chi connectivity index (χ0v) is 17.5. The Hall–Kier alpha value is -2.78. The fraction of sp³-hybridized carbons (Fsp3) is 0. The average molecular weight is 499 g/mol. The SMILES string of the molecule is O=C(NC(=S)Nc1ccc2oc(-c3ccc(I)cc3)nc2c1)c1ccccc1. The molecule has 0 saturated heterocycles. The lowest BCUT2D eigenvalue weighted by Crippen LogP contribution is -2.34. The fourth-order valence-electron chi connectivity index (χ4n) is 2.65. The van der Waals surface area contributed by atoms with Crippen molar-refractivity contribution in [2.24, 2.45) is 0 Å². The summed E-state index contributed by atoms with van der Waals surface area (Å²) in [6.45, 7) is 0. The quantitative estimate of drug-likeness (QED) is 0.299. The first-order valence-corrected chi connectivity index (χ1v) is 9.91. The molecule has 3 aromatic carbocycles. The Bertz CT molecular complexity index is 1160. The molecule has 0 spiro atoms. The maximum atomic E-state index is 12.2. The average Bonchev–Trinajstić information content (AvgIpc) is 3.12. The van der Waals surface area contributed by atoms with Crippen molar-refractivity contribution in [3.05, 3.63) is 81.9 Å². The second-order valence-corrected chi connectivity index (χ2v) is 7.64. The fourth-order valence-corrected chi connectivity index (χ4v) is 3.22. The summed E-state index contributed by atoms with van der Waals surface area (Å²) in [7, 11) is 0. The number of nitrogens with one attached hydrogen (secondary N) is 2. The summed E-state index contributed by atoms with van der Waals surface area (Å²) in [5.74, 6) is 0.296. The maximum absolute atomic E-state index is 12.2. The topological polar surface area (TPSA) is 67.2 Å². The number of thiocarbonyl (C=S) groups is 1. The summed E-state index contributed by atoms with van der Waals surface area (Å²) in [4.78, 5) is 16.7. The van der Waals surface area contributed by atoms with Crippen LogP contribution in [0.2, 0.25) is 0 Å². The first-order valence-electron chi connectivity index (χ1n) is 8.42. The van der Waals surface area contributed by atoms with Gasteiger partial charge in [-0.3, -0.25) is 10.1 Å². The first-order chi connectivity index (χ1) is 13.6. The molecule has 0 radical (unpaired) electrons. The molecular weight excluding hydrogens is 485 g/mol. The molecule has 0 saturated carbocycles. The molecule has 2 N–H and O–H groups in total. The van der Waals surface area contributed by atoms with Gasteiger partial charge in [0.05, 0.1) is 0 Å². The molecule has 1 heterocycles. The highest BCUT2D eigenvalue weighted by Crippen LogP contribution is 2.26. The van der Waals surface area contributed by atoms with Gasteiger partial charge in [-0.1, -0.05) is 18.2 Å². The Kier molecular flexibility index (Phi) is 5.36. The molecule has 4 rings (SSSR count). The van der Waals surface area contributed by atoms with E-state index in [9.17, 15) is 4.79 Å². The van der Waals surface area contributed by atoms with Crippen LogP contribution in [0, 0.1) is 3.57 Å². The van der Waals surface area contributed by atoms with Gasteiger partial charge >= 0.3 is 0 Å². The minimum atomic E-state index is -0.262. The molecule has 28 heavy (non-hydrogen) atoms. The highest BCUT2D eigenvalue weighted by atomic mass is 127. The number of nitrogens with zero attached hydrogens (tertiary/aromatic N) is 1. The Balaban J connectivity index is 1.49. The summed E-state index contributed by atoms with van der Waals surface area (Å²) >= 11 is 7.50. The van der Waals surface area contributed by atoms with Gasteiger partial charge in [-0.2, -0.15) is 0 Å². The van der Waals surface area contributed by atoms with Gasteiger partial charge in [-0.25, -0.2) is 4.98 Å². The van der Waals surface area contributed by atoms with E-state index in [4.69, 9.17) is 16.6 Å². The van der Waals surface area contributed by atoms with Crippen molar-refractivity contribution in [2.75, 3.05) is 5.32 Å². The van der Waals surface area contributed by atoms with Gasteiger partial charge in [0.15, 0.2) is 10.7 Å².